The van der Waals surface area contributed by atoms with Crippen molar-refractivity contribution in [2.24, 2.45) is 0 Å². The van der Waals surface area contributed by atoms with E-state index in [1.807, 2.05) is 0 Å². The molecule has 0 aliphatic carbocycles. The third-order valence-corrected chi connectivity index (χ3v) is 1.11. The summed E-state index contributed by atoms with van der Waals surface area (Å²) in [5.74, 6) is 0.0694. The summed E-state index contributed by atoms with van der Waals surface area (Å²) in [6.45, 7) is 0.735. The van der Waals surface area contributed by atoms with Crippen LogP contribution in [0, 0.1) is 0 Å². The molecule has 0 atom stereocenters. The first-order valence-electron chi connectivity index (χ1n) is 2.36. The number of hydrogen-bond acceptors (Lipinski definition) is 1. The monoisotopic (exact) mass is 95.1 g/mol. The number of carbonyl (C=O) groups is 1. The number of rotatable bonds is 0. The van der Waals surface area contributed by atoms with Crippen molar-refractivity contribution in [2.45, 2.75) is 12.8 Å². The molecule has 1 amide bonds. The summed E-state index contributed by atoms with van der Waals surface area (Å²) in [5.41, 5.74) is 0. The van der Waals surface area contributed by atoms with Gasteiger partial charge in [-0.15, -0.1) is 0 Å². The second kappa shape index (κ2) is 1.56. The summed E-state index contributed by atoms with van der Waals surface area (Å²) in [4.78, 5) is 11.6. The van der Waals surface area contributed by atoms with Gasteiger partial charge in [0.2, 0.25) is 13.9 Å². The van der Waals surface area contributed by atoms with Crippen LogP contribution in [-0.2, 0) is 4.79 Å². The van der Waals surface area contributed by atoms with E-state index in [0.717, 1.165) is 13.0 Å². The number of nitrogens with zero attached hydrogens (tertiary/aromatic N) is 1. The highest BCUT2D eigenvalue weighted by atomic mass is 16.2. The van der Waals surface area contributed by atoms with E-state index in [1.54, 1.807) is 0 Å². The first kappa shape index (κ1) is 4.69. The van der Waals surface area contributed by atoms with Gasteiger partial charge in [0.1, 0.15) is 0 Å². The average Bonchev–Trinajstić information content (AvgIpc) is 1.91. The van der Waals surface area contributed by atoms with Crippen LogP contribution in [0.5, 0.6) is 0 Å². The third-order valence-electron chi connectivity index (χ3n) is 1.11. The first-order valence-corrected chi connectivity index (χ1v) is 2.36. The molecule has 0 aromatic carbocycles. The molecule has 0 spiro atoms. The topological polar surface area (TPSA) is 20.3 Å². The molecule has 1 heterocycles. The van der Waals surface area contributed by atoms with Gasteiger partial charge in [-0.05, 0) is 6.42 Å². The Kier molecular flexibility index (Phi) is 1.05. The SMILES string of the molecule is [B]N1CCCC1=O. The lowest BCUT2D eigenvalue weighted by Gasteiger charge is -2.03. The van der Waals surface area contributed by atoms with Gasteiger partial charge in [0.25, 0.3) is 0 Å². The molecule has 1 saturated heterocycles. The minimum absolute atomic E-state index is 0.0694. The van der Waals surface area contributed by atoms with Crippen LogP contribution in [0.3, 0.4) is 0 Å². The second-order valence-corrected chi connectivity index (χ2v) is 1.69. The van der Waals surface area contributed by atoms with Crippen molar-refractivity contribution in [3.63, 3.8) is 0 Å². The van der Waals surface area contributed by atoms with Gasteiger partial charge in [-0.1, -0.05) is 0 Å². The number of hydrogen-bond donors (Lipinski definition) is 0. The first-order chi connectivity index (χ1) is 3.30. The maximum atomic E-state index is 10.4. The molecule has 1 rings (SSSR count). The maximum absolute atomic E-state index is 10.4. The van der Waals surface area contributed by atoms with Crippen LogP contribution < -0.4 is 0 Å². The minimum Gasteiger partial charge on any atom is -0.397 e. The molecule has 0 saturated carbocycles. The fourth-order valence-electron chi connectivity index (χ4n) is 0.669. The predicted octanol–water partition coefficient (Wildman–Crippen LogP) is -0.308. The Morgan fingerprint density at radius 3 is 2.57 bits per heavy atom. The predicted molar refractivity (Wildman–Crippen MR) is 26.7 cm³/mol. The van der Waals surface area contributed by atoms with E-state index in [9.17, 15) is 4.79 Å². The van der Waals surface area contributed by atoms with Crippen LogP contribution in [0.1, 0.15) is 12.8 Å². The third kappa shape index (κ3) is 0.761. The van der Waals surface area contributed by atoms with Crippen molar-refractivity contribution in [3.8, 4) is 0 Å². The molecule has 0 aromatic heterocycles. The summed E-state index contributed by atoms with van der Waals surface area (Å²) in [7, 11) is 5.16. The van der Waals surface area contributed by atoms with Crippen LogP contribution in [0.15, 0.2) is 0 Å². The Bertz CT molecular complexity index is 93.7. The Hall–Kier alpha value is -0.465. The molecule has 1 aliphatic rings. The van der Waals surface area contributed by atoms with Crippen LogP contribution in [0.2, 0.25) is 0 Å². The molecule has 0 aromatic rings. The van der Waals surface area contributed by atoms with Crippen molar-refractivity contribution < 1.29 is 4.79 Å². The van der Waals surface area contributed by atoms with Crippen molar-refractivity contribution in [3.05, 3.63) is 0 Å². The quantitative estimate of drug-likeness (QED) is 0.378. The molecule has 0 N–H and O–H groups in total. The van der Waals surface area contributed by atoms with Gasteiger partial charge in [-0.2, -0.15) is 0 Å². The molecule has 2 nitrogen and oxygen atoms in total. The summed E-state index contributed by atoms with van der Waals surface area (Å²) in [6.07, 6.45) is 1.56. The van der Waals surface area contributed by atoms with Gasteiger partial charge in [0.05, 0.1) is 0 Å². The second-order valence-electron chi connectivity index (χ2n) is 1.69. The van der Waals surface area contributed by atoms with Gasteiger partial charge in [0, 0.05) is 13.0 Å². The van der Waals surface area contributed by atoms with Crippen molar-refractivity contribution in [2.75, 3.05) is 6.54 Å². The van der Waals surface area contributed by atoms with E-state index in [0.29, 0.717) is 6.42 Å². The van der Waals surface area contributed by atoms with Gasteiger partial charge in [0.15, 0.2) is 0 Å². The summed E-state index contributed by atoms with van der Waals surface area (Å²) >= 11 is 0. The molecule has 0 bridgehead atoms. The van der Waals surface area contributed by atoms with Crippen molar-refractivity contribution >= 4 is 13.9 Å². The average molecular weight is 94.9 g/mol. The molecule has 7 heavy (non-hydrogen) atoms. The zero-order valence-corrected chi connectivity index (χ0v) is 4.05. The zero-order chi connectivity index (χ0) is 5.28. The highest BCUT2D eigenvalue weighted by Crippen LogP contribution is 2.04. The van der Waals surface area contributed by atoms with E-state index >= 15 is 0 Å². The number of carbonyl (C=O) groups excluding carboxylic acids is 1. The Morgan fingerprint density at radius 2 is 2.43 bits per heavy atom. The number of amides is 1. The Balaban J connectivity index is 2.48. The van der Waals surface area contributed by atoms with Gasteiger partial charge < -0.3 is 4.81 Å². The smallest absolute Gasteiger partial charge is 0.230 e. The lowest BCUT2D eigenvalue weighted by Crippen LogP contribution is -2.19. The van der Waals surface area contributed by atoms with Crippen LogP contribution >= 0.6 is 0 Å². The summed E-state index contributed by atoms with van der Waals surface area (Å²) in [5, 5.41) is 0. The lowest BCUT2D eigenvalue weighted by molar-refractivity contribution is -0.123. The van der Waals surface area contributed by atoms with E-state index in [4.69, 9.17) is 7.98 Å². The molecule has 1 aliphatic heterocycles. The molecule has 0 unspecified atom stereocenters. The highest BCUT2D eigenvalue weighted by Gasteiger charge is 2.13. The summed E-state index contributed by atoms with van der Waals surface area (Å²) in [6, 6.07) is 0. The fraction of sp³-hybridized carbons (Fsp3) is 0.750. The van der Waals surface area contributed by atoms with Gasteiger partial charge in [-0.25, -0.2) is 0 Å². The van der Waals surface area contributed by atoms with Gasteiger partial charge >= 0.3 is 0 Å². The molecule has 36 valence electrons. The fourth-order valence-corrected chi connectivity index (χ4v) is 0.669. The van der Waals surface area contributed by atoms with E-state index in [1.165, 1.54) is 4.81 Å². The van der Waals surface area contributed by atoms with Crippen molar-refractivity contribution in [1.29, 1.82) is 0 Å². The van der Waals surface area contributed by atoms with Crippen LogP contribution in [0.4, 0.5) is 0 Å². The van der Waals surface area contributed by atoms with E-state index < -0.39 is 0 Å². The standard InChI is InChI=1S/C4H6BNO/c5-6-3-1-2-4(6)7/h1-3H2. The Labute approximate surface area is 43.9 Å². The molecule has 1 fully saturated rings. The Morgan fingerprint density at radius 1 is 1.71 bits per heavy atom. The molecular weight excluding hydrogens is 88.9 g/mol. The highest BCUT2D eigenvalue weighted by molar-refractivity contribution is 6.14. The molecule has 2 radical (unpaired) electrons. The van der Waals surface area contributed by atoms with Crippen molar-refractivity contribution in [1.82, 2.24) is 4.81 Å². The van der Waals surface area contributed by atoms with E-state index in [-0.39, 0.29) is 5.91 Å². The minimum atomic E-state index is 0.0694. The van der Waals surface area contributed by atoms with Gasteiger partial charge in [-0.3, -0.25) is 4.79 Å². The van der Waals surface area contributed by atoms with E-state index in [2.05, 4.69) is 0 Å². The largest absolute Gasteiger partial charge is 0.397 e. The lowest BCUT2D eigenvalue weighted by atomic mass is 10.3. The zero-order valence-electron chi connectivity index (χ0n) is 4.05. The molecule has 3 heteroatoms. The normalized spacial score (nSPS) is 21.1. The van der Waals surface area contributed by atoms with Crippen LogP contribution in [0.25, 0.3) is 0 Å². The van der Waals surface area contributed by atoms with Crippen LogP contribution in [-0.4, -0.2) is 25.2 Å². The summed E-state index contributed by atoms with van der Waals surface area (Å²) < 4.78 is 0. The molecular formula is C4H6BNO. The maximum Gasteiger partial charge on any atom is 0.230 e.